The highest BCUT2D eigenvalue weighted by Crippen LogP contribution is 2.13. The highest BCUT2D eigenvalue weighted by molar-refractivity contribution is 8.14. The summed E-state index contributed by atoms with van der Waals surface area (Å²) in [5.74, 6) is -13.5. The summed E-state index contributed by atoms with van der Waals surface area (Å²) in [5, 5.41) is 90.9. The van der Waals surface area contributed by atoms with Gasteiger partial charge in [0.25, 0.3) is 0 Å². The molecular formula is C79H131N13O34S3. The summed E-state index contributed by atoms with van der Waals surface area (Å²) in [4.78, 5) is 221. The first-order valence-electron chi connectivity index (χ1n) is 37.6. The molecule has 33 N–H and O–H groups in total. The molecule has 0 bridgehead atoms. The lowest BCUT2D eigenvalue weighted by Crippen LogP contribution is -2.42. The maximum Gasteiger partial charge on any atom is 0.374 e. The number of amides is 3. The molecule has 0 aromatic rings. The minimum atomic E-state index is -1.20. The average molecular weight is 1900 g/mol. The third-order valence-corrected chi connectivity index (χ3v) is 16.9. The van der Waals surface area contributed by atoms with Crippen LogP contribution in [-0.4, -0.2) is 290 Å². The number of hydrogen-bond acceptors (Lipinski definition) is 37. The molecule has 0 heterocycles. The molecule has 0 rings (SSSR count). The minimum Gasteiger partial charge on any atom is -0.480 e. The van der Waals surface area contributed by atoms with E-state index in [2.05, 4.69) is 89.4 Å². The molecule has 47 nitrogen and oxygen atoms in total. The molecule has 0 fully saturated rings. The Morgan fingerprint density at radius 3 is 0.930 bits per heavy atom. The molecule has 50 heteroatoms. The van der Waals surface area contributed by atoms with E-state index in [1.807, 2.05) is 0 Å². The van der Waals surface area contributed by atoms with E-state index in [1.54, 1.807) is 41.5 Å². The van der Waals surface area contributed by atoms with Gasteiger partial charge in [-0.1, -0.05) is 94.5 Å². The van der Waals surface area contributed by atoms with Crippen molar-refractivity contribution in [2.45, 2.75) is 200 Å². The van der Waals surface area contributed by atoms with Gasteiger partial charge in [0.05, 0.1) is 13.2 Å². The van der Waals surface area contributed by atoms with Gasteiger partial charge in [-0.2, -0.15) is 0 Å². The number of ether oxygens (including phenoxy) is 3. The van der Waals surface area contributed by atoms with E-state index in [0.29, 0.717) is 95.6 Å². The Balaban J connectivity index is -0.000000153. The first-order valence-corrected chi connectivity index (χ1v) is 40.6. The van der Waals surface area contributed by atoms with E-state index < -0.39 is 144 Å². The highest BCUT2D eigenvalue weighted by atomic mass is 32.2. The lowest BCUT2D eigenvalue weighted by atomic mass is 10.1. The number of rotatable bonds is 50. The predicted octanol–water partition coefficient (Wildman–Crippen LogP) is -0.625. The van der Waals surface area contributed by atoms with Crippen molar-refractivity contribution in [2.75, 3.05) is 56.7 Å². The molecule has 3 amide bonds. The number of carboxylic acid groups (broad SMARTS) is 10. The second-order valence-electron chi connectivity index (χ2n) is 26.7. The van der Waals surface area contributed by atoms with Crippen LogP contribution < -0.4 is 73.3 Å². The van der Waals surface area contributed by atoms with Gasteiger partial charge in [0.2, 0.25) is 38.9 Å². The number of nitrogens with two attached hydrogens (primary N) is 10. The number of nitrogens with one attached hydrogen (secondary N) is 3. The number of Topliss-reactive ketones (excluding diaryl/α,β-unsaturated/α-hetero) is 2. The maximum absolute atomic E-state index is 11.0. The van der Waals surface area contributed by atoms with Gasteiger partial charge in [0.15, 0.2) is 5.78 Å². The van der Waals surface area contributed by atoms with Crippen LogP contribution in [0.4, 0.5) is 0 Å². The van der Waals surface area contributed by atoms with Gasteiger partial charge in [-0.05, 0) is 142 Å². The summed E-state index contributed by atoms with van der Waals surface area (Å²) in [6, 6.07) is -9.60. The average Bonchev–Trinajstić information content (AvgIpc) is 0.968. The van der Waals surface area contributed by atoms with Crippen LogP contribution in [-0.2, 0) is 115 Å². The SMILES string of the molecule is C=C(C)C(=O)CCC(N)C(=O)O.C=C(C)C(=O)NCC(N)C(=O)O.C=C(C)C(=O)NCCC(N)C(=O)O.C=C(C)C(=O)NCCCC(N)C(=O)O.C=C(C)C(=O)OCC(N)C(=O)O.C=C(C)C(=O)OCCC(N)C(=O)O.C=C(C)C(=O)SCC(N)C(=O)O.C=C(C)C(=O)SCCC(N)C(=O)O.C=C(C)C(=O)SCCCC(N)C(=O)O.CC(=O)C(=O)OCCCC(N)C(=O)O. The molecule has 0 aromatic heterocycles. The molecule has 129 heavy (non-hydrogen) atoms. The normalized spacial score (nSPS) is 12.0. The number of aliphatic carboxylic acids is 10. The summed E-state index contributed by atoms with van der Waals surface area (Å²) < 4.78 is 13.6. The fourth-order valence-corrected chi connectivity index (χ4v) is 7.92. The van der Waals surface area contributed by atoms with Gasteiger partial charge in [0.1, 0.15) is 67.0 Å². The minimum absolute atomic E-state index is 0.000833. The van der Waals surface area contributed by atoms with E-state index >= 15 is 0 Å². The summed E-state index contributed by atoms with van der Waals surface area (Å²) in [5.41, 5.74) is 55.3. The van der Waals surface area contributed by atoms with Crippen molar-refractivity contribution in [1.82, 2.24) is 16.0 Å². The molecule has 0 spiro atoms. The van der Waals surface area contributed by atoms with Crippen LogP contribution in [0.3, 0.4) is 0 Å². The lowest BCUT2D eigenvalue weighted by Gasteiger charge is -2.07. The van der Waals surface area contributed by atoms with E-state index in [-0.39, 0.29) is 121 Å². The Hall–Kier alpha value is -11.8. The third kappa shape index (κ3) is 93.6. The monoisotopic (exact) mass is 1900 g/mol. The zero-order valence-corrected chi connectivity index (χ0v) is 76.5. The van der Waals surface area contributed by atoms with Gasteiger partial charge in [-0.3, -0.25) is 86.3 Å². The van der Waals surface area contributed by atoms with Crippen LogP contribution in [0, 0.1) is 0 Å². The fourth-order valence-electron chi connectivity index (χ4n) is 5.66. The van der Waals surface area contributed by atoms with E-state index in [4.69, 9.17) is 108 Å². The van der Waals surface area contributed by atoms with Crippen molar-refractivity contribution in [1.29, 1.82) is 0 Å². The molecule has 0 aliphatic rings. The Labute approximate surface area is 759 Å². The van der Waals surface area contributed by atoms with Gasteiger partial charge < -0.3 is 139 Å². The lowest BCUT2D eigenvalue weighted by molar-refractivity contribution is -0.153. The van der Waals surface area contributed by atoms with E-state index in [9.17, 15) is 101 Å². The van der Waals surface area contributed by atoms with Crippen LogP contribution >= 0.6 is 35.3 Å². The number of esters is 3. The zero-order valence-electron chi connectivity index (χ0n) is 74.0. The first kappa shape index (κ1) is 138. The third-order valence-electron chi connectivity index (χ3n) is 13.6. The molecule has 0 aliphatic heterocycles. The number of allylic oxidation sites excluding steroid dienone is 1. The Bertz CT molecular complexity index is 3420. The van der Waals surface area contributed by atoms with Gasteiger partial charge in [-0.25, -0.2) is 14.4 Å². The molecule has 0 aromatic carbocycles. The van der Waals surface area contributed by atoms with Crippen LogP contribution in [0.2, 0.25) is 0 Å². The smallest absolute Gasteiger partial charge is 0.374 e. The van der Waals surface area contributed by atoms with E-state index in [0.717, 1.165) is 42.2 Å². The number of ketones is 2. The maximum atomic E-state index is 11.0. The summed E-state index contributed by atoms with van der Waals surface area (Å²) in [7, 11) is 0. The number of thioether (sulfide) groups is 3. The van der Waals surface area contributed by atoms with Crippen LogP contribution in [0.25, 0.3) is 0 Å². The summed E-state index contributed by atoms with van der Waals surface area (Å²) >= 11 is 3.08. The predicted molar refractivity (Wildman–Crippen MR) is 480 cm³/mol. The number of carbonyl (C=O) groups excluding carboxylic acids is 11. The Morgan fingerprint density at radius 2 is 0.581 bits per heavy atom. The van der Waals surface area contributed by atoms with Crippen LogP contribution in [0.5, 0.6) is 0 Å². The quantitative estimate of drug-likeness (QED) is 0.0119. The molecule has 0 radical (unpaired) electrons. The van der Waals surface area contributed by atoms with Gasteiger partial charge >= 0.3 is 77.6 Å². The van der Waals surface area contributed by atoms with Crippen molar-refractivity contribution in [2.24, 2.45) is 57.3 Å². The summed E-state index contributed by atoms with van der Waals surface area (Å²) in [6.07, 6.45) is 3.39. The van der Waals surface area contributed by atoms with Crippen molar-refractivity contribution in [3.63, 3.8) is 0 Å². The van der Waals surface area contributed by atoms with Crippen LogP contribution in [0.15, 0.2) is 109 Å². The number of carbonyl (C=O) groups is 21. The number of carboxylic acids is 10. The van der Waals surface area contributed by atoms with Gasteiger partial charge in [-0.15, -0.1) is 0 Å². The second-order valence-corrected chi connectivity index (χ2v) is 29.9. The largest absolute Gasteiger partial charge is 0.480 e. The van der Waals surface area contributed by atoms with E-state index in [1.165, 1.54) is 20.8 Å². The molecule has 10 atom stereocenters. The van der Waals surface area contributed by atoms with Crippen molar-refractivity contribution >= 4 is 158 Å². The zero-order chi connectivity index (χ0) is 104. The molecule has 734 valence electrons. The fraction of sp³-hybridized carbons (Fsp3) is 0.506. The molecular weight excluding hydrogens is 1770 g/mol. The standard InChI is InChI=1S/C9H16N2O3.C9H15NO3S.C8H14N2O3.C8H13NO5.C8H13NO4.C8H13NO3S.C8H13NO3.C7H12N2O3.C7H11NO4.C7H11NO3S/c1-6(2)8(12)11-5-3-4-7(10)9(13)14;1-6(2)9(13)14-5-3-4-7(10)8(11)12;1-5(2)7(11)10-4-3-6(9)8(12)13;1-5(10)8(13)14-4-2-3-6(9)7(11)12;2*1-5(2)8(12)13-4-3-6(9)7(10)11;1-5(2)7(10)4-3-6(9)8(11)12;1-4(2)6(10)9-3-5(8)7(11)12;2*1-4(2)7(11)12-3-5(8)6(9)10/h7H,1,3-5,10H2,2H3,(H,11,12)(H,13,14);7H,1,3-5,10H2,2H3,(H,11,12);6H,1,3-4,9H2,2H3,(H,10,11)(H,12,13);6H,2-4,9H2,1H3,(H,11,12);2*6H,1,3-4,9H2,2H3,(H,10,11);6H,1,3-4,9H2,2H3,(H,11,12);5H,1,3,8H2,2H3,(H,9,10)(H,11,12);2*5H,1,3,8H2,2H3,(H,9,10). The molecule has 0 saturated carbocycles. The molecule has 10 unspecified atom stereocenters. The summed E-state index contributed by atoms with van der Waals surface area (Å²) in [6.45, 7) is 46.3. The topological polar surface area (TPSA) is 885 Å². The first-order chi connectivity index (χ1) is 59.0. The van der Waals surface area contributed by atoms with Crippen molar-refractivity contribution < 1.29 is 166 Å². The van der Waals surface area contributed by atoms with Crippen LogP contribution in [0.1, 0.15) is 140 Å². The Kier molecular flexibility index (Phi) is 87.4. The van der Waals surface area contributed by atoms with Crippen molar-refractivity contribution in [3.8, 4) is 0 Å². The molecule has 0 saturated heterocycles. The van der Waals surface area contributed by atoms with Gasteiger partial charge in [0, 0.05) is 84.5 Å². The molecule has 0 aliphatic carbocycles. The second kappa shape index (κ2) is 81.9. The highest BCUT2D eigenvalue weighted by Gasteiger charge is 2.21. The Morgan fingerprint density at radius 1 is 0.279 bits per heavy atom. The number of hydrogen-bond donors (Lipinski definition) is 23. The van der Waals surface area contributed by atoms with Crippen molar-refractivity contribution in [3.05, 3.63) is 109 Å².